The Morgan fingerprint density at radius 3 is 2.57 bits per heavy atom. The predicted molar refractivity (Wildman–Crippen MR) is 83.8 cm³/mol. The number of hydrazone groups is 1. The number of nitrogens with zero attached hydrogens (tertiary/aromatic N) is 1. The Hall–Kier alpha value is -3.22. The van der Waals surface area contributed by atoms with Crippen LogP contribution in [0.2, 0.25) is 0 Å². The molecule has 6 nitrogen and oxygen atoms in total. The first-order valence-electron chi connectivity index (χ1n) is 6.62. The predicted octanol–water partition coefficient (Wildman–Crippen LogP) is 1.92. The molecule has 23 heavy (non-hydrogen) atoms. The molecule has 0 atom stereocenters. The summed E-state index contributed by atoms with van der Waals surface area (Å²) in [6.45, 7) is 0. The first-order chi connectivity index (χ1) is 11.1. The van der Waals surface area contributed by atoms with Crippen molar-refractivity contribution in [2.24, 2.45) is 5.10 Å². The molecule has 2 aromatic carbocycles. The molecule has 0 bridgehead atoms. The summed E-state index contributed by atoms with van der Waals surface area (Å²) in [5.41, 5.74) is 3.11. The Balaban J connectivity index is 1.89. The van der Waals surface area contributed by atoms with E-state index in [-0.39, 0.29) is 0 Å². The summed E-state index contributed by atoms with van der Waals surface area (Å²) in [6, 6.07) is 12.1. The van der Waals surface area contributed by atoms with Gasteiger partial charge in [0.05, 0.1) is 13.3 Å². The number of amides is 2. The summed E-state index contributed by atoms with van der Waals surface area (Å²) >= 11 is 0. The molecule has 2 aromatic rings. The Morgan fingerprint density at radius 1 is 1.13 bits per heavy atom. The number of nitrogens with one attached hydrogen (secondary N) is 2. The third-order valence-corrected chi connectivity index (χ3v) is 2.78. The topological polar surface area (TPSA) is 79.8 Å². The molecule has 7 heteroatoms. The average molecular weight is 315 g/mol. The normalized spacial score (nSPS) is 10.3. The number of rotatable bonds is 4. The molecule has 0 aliphatic rings. The fourth-order valence-electron chi connectivity index (χ4n) is 1.66. The number of ether oxygens (including phenoxy) is 1. The van der Waals surface area contributed by atoms with E-state index in [2.05, 4.69) is 15.8 Å². The standard InChI is InChI=1S/C16H14FN3O3/c1-23-14-4-2-3-11(9-14)10-18-20-16(22)15(21)19-13-7-5-12(17)6-8-13/h2-10H,1H3,(H,19,21)(H,20,22)/b18-10-. The second-order valence-electron chi connectivity index (χ2n) is 4.44. The summed E-state index contributed by atoms with van der Waals surface area (Å²) in [6.07, 6.45) is 1.38. The molecule has 0 aromatic heterocycles. The quantitative estimate of drug-likeness (QED) is 0.514. The van der Waals surface area contributed by atoms with Crippen molar-refractivity contribution in [2.75, 3.05) is 12.4 Å². The van der Waals surface area contributed by atoms with Crippen molar-refractivity contribution in [3.63, 3.8) is 0 Å². The van der Waals surface area contributed by atoms with Crippen molar-refractivity contribution >= 4 is 23.7 Å². The lowest BCUT2D eigenvalue weighted by Gasteiger charge is -2.03. The van der Waals surface area contributed by atoms with E-state index < -0.39 is 17.6 Å². The SMILES string of the molecule is COc1cccc(/C=N\NC(=O)C(=O)Nc2ccc(F)cc2)c1. The Labute approximate surface area is 132 Å². The van der Waals surface area contributed by atoms with Crippen LogP contribution in [0.1, 0.15) is 5.56 Å². The van der Waals surface area contributed by atoms with E-state index >= 15 is 0 Å². The lowest BCUT2D eigenvalue weighted by atomic mass is 10.2. The van der Waals surface area contributed by atoms with Gasteiger partial charge in [0.2, 0.25) is 0 Å². The number of carbonyl (C=O) groups excluding carboxylic acids is 2. The van der Waals surface area contributed by atoms with Gasteiger partial charge in [-0.3, -0.25) is 9.59 Å². The van der Waals surface area contributed by atoms with Crippen LogP contribution < -0.4 is 15.5 Å². The van der Waals surface area contributed by atoms with Gasteiger partial charge in [0, 0.05) is 5.69 Å². The van der Waals surface area contributed by atoms with Crippen LogP contribution in [0.25, 0.3) is 0 Å². The van der Waals surface area contributed by atoms with Crippen molar-refractivity contribution in [1.82, 2.24) is 5.43 Å². The van der Waals surface area contributed by atoms with Gasteiger partial charge < -0.3 is 10.1 Å². The first kappa shape index (κ1) is 16.2. The highest BCUT2D eigenvalue weighted by molar-refractivity contribution is 6.39. The zero-order valence-corrected chi connectivity index (χ0v) is 12.2. The first-order valence-corrected chi connectivity index (χ1v) is 6.62. The molecular weight excluding hydrogens is 301 g/mol. The van der Waals surface area contributed by atoms with Gasteiger partial charge in [-0.2, -0.15) is 5.10 Å². The molecule has 0 aliphatic heterocycles. The minimum atomic E-state index is -0.937. The number of anilines is 1. The number of methoxy groups -OCH3 is 1. The molecule has 0 radical (unpaired) electrons. The van der Waals surface area contributed by atoms with Gasteiger partial charge in [0.25, 0.3) is 0 Å². The van der Waals surface area contributed by atoms with E-state index in [0.717, 1.165) is 0 Å². The zero-order valence-electron chi connectivity index (χ0n) is 12.2. The van der Waals surface area contributed by atoms with Crippen molar-refractivity contribution in [2.45, 2.75) is 0 Å². The van der Waals surface area contributed by atoms with Gasteiger partial charge in [0.15, 0.2) is 0 Å². The fourth-order valence-corrected chi connectivity index (χ4v) is 1.66. The van der Waals surface area contributed by atoms with E-state index in [1.54, 1.807) is 24.3 Å². The molecule has 0 heterocycles. The van der Waals surface area contributed by atoms with E-state index in [9.17, 15) is 14.0 Å². The van der Waals surface area contributed by atoms with Crippen LogP contribution in [0.4, 0.5) is 10.1 Å². The summed E-state index contributed by atoms with van der Waals surface area (Å²) in [5.74, 6) is -1.63. The molecule has 0 aliphatic carbocycles. The maximum Gasteiger partial charge on any atom is 0.329 e. The molecular formula is C16H14FN3O3. The van der Waals surface area contributed by atoms with Gasteiger partial charge in [-0.1, -0.05) is 12.1 Å². The maximum atomic E-state index is 12.7. The van der Waals surface area contributed by atoms with E-state index in [0.29, 0.717) is 17.0 Å². The van der Waals surface area contributed by atoms with E-state index in [1.165, 1.54) is 37.6 Å². The monoisotopic (exact) mass is 315 g/mol. The highest BCUT2D eigenvalue weighted by atomic mass is 19.1. The van der Waals surface area contributed by atoms with Crippen molar-refractivity contribution in [3.05, 3.63) is 59.9 Å². The molecule has 0 saturated heterocycles. The summed E-state index contributed by atoms with van der Waals surface area (Å²) in [5, 5.41) is 6.02. The molecule has 118 valence electrons. The molecule has 0 unspecified atom stereocenters. The second kappa shape index (κ2) is 7.69. The Morgan fingerprint density at radius 2 is 1.87 bits per heavy atom. The van der Waals surface area contributed by atoms with Gasteiger partial charge in [0.1, 0.15) is 11.6 Å². The number of hydrogen-bond donors (Lipinski definition) is 2. The highest BCUT2D eigenvalue weighted by Gasteiger charge is 2.12. The molecule has 0 spiro atoms. The van der Waals surface area contributed by atoms with Gasteiger partial charge in [-0.25, -0.2) is 9.82 Å². The van der Waals surface area contributed by atoms with Crippen LogP contribution in [0.5, 0.6) is 5.75 Å². The number of benzene rings is 2. The zero-order chi connectivity index (χ0) is 16.7. The third kappa shape index (κ3) is 4.92. The summed E-state index contributed by atoms with van der Waals surface area (Å²) in [4.78, 5) is 23.2. The number of hydrogen-bond acceptors (Lipinski definition) is 4. The largest absolute Gasteiger partial charge is 0.497 e. The third-order valence-electron chi connectivity index (χ3n) is 2.78. The van der Waals surface area contributed by atoms with E-state index in [4.69, 9.17) is 4.74 Å². The minimum Gasteiger partial charge on any atom is -0.497 e. The van der Waals surface area contributed by atoms with Crippen molar-refractivity contribution in [1.29, 1.82) is 0 Å². The fraction of sp³-hybridized carbons (Fsp3) is 0.0625. The van der Waals surface area contributed by atoms with Crippen LogP contribution in [-0.2, 0) is 9.59 Å². The van der Waals surface area contributed by atoms with Gasteiger partial charge >= 0.3 is 11.8 Å². The van der Waals surface area contributed by atoms with Crippen LogP contribution in [-0.4, -0.2) is 25.1 Å². The maximum absolute atomic E-state index is 12.7. The number of carbonyl (C=O) groups is 2. The number of halogens is 1. The average Bonchev–Trinajstić information content (AvgIpc) is 2.57. The van der Waals surface area contributed by atoms with Gasteiger partial charge in [-0.15, -0.1) is 0 Å². The van der Waals surface area contributed by atoms with Crippen molar-refractivity contribution in [3.8, 4) is 5.75 Å². The smallest absolute Gasteiger partial charge is 0.329 e. The van der Waals surface area contributed by atoms with E-state index in [1.807, 2.05) is 0 Å². The van der Waals surface area contributed by atoms with Crippen LogP contribution >= 0.6 is 0 Å². The van der Waals surface area contributed by atoms with Gasteiger partial charge in [-0.05, 0) is 42.0 Å². The summed E-state index contributed by atoms with van der Waals surface area (Å²) < 4.78 is 17.8. The van der Waals surface area contributed by atoms with Crippen molar-refractivity contribution < 1.29 is 18.7 Å². The lowest BCUT2D eigenvalue weighted by Crippen LogP contribution is -2.32. The minimum absolute atomic E-state index is 0.309. The molecule has 0 fully saturated rings. The molecule has 0 saturated carbocycles. The molecule has 2 N–H and O–H groups in total. The second-order valence-corrected chi connectivity index (χ2v) is 4.44. The molecule has 2 rings (SSSR count). The Kier molecular flexibility index (Phi) is 5.40. The summed E-state index contributed by atoms with van der Waals surface area (Å²) in [7, 11) is 1.54. The van der Waals surface area contributed by atoms with Crippen LogP contribution in [0.3, 0.4) is 0 Å². The van der Waals surface area contributed by atoms with Crippen LogP contribution in [0, 0.1) is 5.82 Å². The Bertz CT molecular complexity index is 730. The lowest BCUT2D eigenvalue weighted by molar-refractivity contribution is -0.136. The van der Waals surface area contributed by atoms with Crippen LogP contribution in [0.15, 0.2) is 53.6 Å². The highest BCUT2D eigenvalue weighted by Crippen LogP contribution is 2.10. The molecule has 2 amide bonds.